The van der Waals surface area contributed by atoms with E-state index in [-0.39, 0.29) is 29.0 Å². The fraction of sp³-hybridized carbons (Fsp3) is 0.154. The van der Waals surface area contributed by atoms with Crippen molar-refractivity contribution >= 4 is 27.3 Å². The molecule has 9 heteroatoms. The molecule has 0 saturated heterocycles. The minimum atomic E-state index is -3.83. The lowest BCUT2D eigenvalue weighted by Crippen LogP contribution is -2.16. The molecule has 0 radical (unpaired) electrons. The second kappa shape index (κ2) is 10.4. The fourth-order valence-electron chi connectivity index (χ4n) is 3.56. The van der Waals surface area contributed by atoms with Gasteiger partial charge in [-0.15, -0.1) is 0 Å². The maximum atomic E-state index is 12.9. The maximum absolute atomic E-state index is 12.9. The number of carbonyl (C=O) groups excluding carboxylic acids is 1. The molecule has 0 aliphatic heterocycles. The lowest BCUT2D eigenvalue weighted by Gasteiger charge is -2.21. The SMILES string of the molecule is COc1ccc(C(CC(=O)c2ccccc2)Nc2ccc(S(=O)(=O)Nc3cc(C)on3)cc2)cc1. The normalized spacial score (nSPS) is 12.1. The molecule has 0 amide bonds. The molecule has 3 aromatic carbocycles. The van der Waals surface area contributed by atoms with Gasteiger partial charge in [0.15, 0.2) is 11.6 Å². The number of rotatable bonds is 10. The fourth-order valence-corrected chi connectivity index (χ4v) is 4.54. The van der Waals surface area contributed by atoms with Crippen molar-refractivity contribution in [3.8, 4) is 5.75 Å². The molecule has 0 fully saturated rings. The molecule has 1 atom stereocenters. The summed E-state index contributed by atoms with van der Waals surface area (Å²) >= 11 is 0. The maximum Gasteiger partial charge on any atom is 0.263 e. The third kappa shape index (κ3) is 6.07. The van der Waals surface area contributed by atoms with Crippen molar-refractivity contribution < 1.29 is 22.5 Å². The third-order valence-electron chi connectivity index (χ3n) is 5.38. The molecule has 1 unspecified atom stereocenters. The number of hydrogen-bond donors (Lipinski definition) is 2. The van der Waals surface area contributed by atoms with E-state index >= 15 is 0 Å². The second-order valence-electron chi connectivity index (χ2n) is 7.92. The van der Waals surface area contributed by atoms with Crippen molar-refractivity contribution in [2.75, 3.05) is 17.1 Å². The van der Waals surface area contributed by atoms with Crippen molar-refractivity contribution in [2.24, 2.45) is 0 Å². The number of aromatic nitrogens is 1. The Morgan fingerprint density at radius 2 is 1.69 bits per heavy atom. The van der Waals surface area contributed by atoms with Crippen molar-refractivity contribution in [2.45, 2.75) is 24.3 Å². The van der Waals surface area contributed by atoms with E-state index in [2.05, 4.69) is 15.2 Å². The highest BCUT2D eigenvalue weighted by Crippen LogP contribution is 2.27. The summed E-state index contributed by atoms with van der Waals surface area (Å²) in [6, 6.07) is 24.0. The quantitative estimate of drug-likeness (QED) is 0.293. The zero-order valence-corrected chi connectivity index (χ0v) is 20.1. The van der Waals surface area contributed by atoms with Gasteiger partial charge in [0, 0.05) is 23.7 Å². The lowest BCUT2D eigenvalue weighted by atomic mass is 9.97. The Kier molecular flexibility index (Phi) is 7.17. The Morgan fingerprint density at radius 1 is 1.00 bits per heavy atom. The van der Waals surface area contributed by atoms with E-state index in [1.807, 2.05) is 42.5 Å². The van der Waals surface area contributed by atoms with Crippen LogP contribution in [0.2, 0.25) is 0 Å². The van der Waals surface area contributed by atoms with Crippen LogP contribution in [-0.4, -0.2) is 26.5 Å². The minimum Gasteiger partial charge on any atom is -0.497 e. The number of hydrogen-bond acceptors (Lipinski definition) is 7. The van der Waals surface area contributed by atoms with Gasteiger partial charge in [0.25, 0.3) is 10.0 Å². The molecule has 0 bridgehead atoms. The highest BCUT2D eigenvalue weighted by molar-refractivity contribution is 7.92. The van der Waals surface area contributed by atoms with E-state index < -0.39 is 10.0 Å². The van der Waals surface area contributed by atoms with Crippen LogP contribution in [0.5, 0.6) is 5.75 Å². The molecular formula is C26H25N3O5S. The number of benzene rings is 3. The number of nitrogens with one attached hydrogen (secondary N) is 2. The number of ether oxygens (including phenoxy) is 1. The molecule has 1 heterocycles. The number of sulfonamides is 1. The van der Waals surface area contributed by atoms with Gasteiger partial charge in [0.1, 0.15) is 11.5 Å². The van der Waals surface area contributed by atoms with Crippen LogP contribution in [-0.2, 0) is 10.0 Å². The number of ketones is 1. The van der Waals surface area contributed by atoms with Crippen LogP contribution in [0.3, 0.4) is 0 Å². The number of anilines is 2. The van der Waals surface area contributed by atoms with E-state index in [1.165, 1.54) is 18.2 Å². The highest BCUT2D eigenvalue weighted by Gasteiger charge is 2.19. The largest absolute Gasteiger partial charge is 0.497 e. The standard InChI is InChI=1S/C26H25N3O5S/c1-18-16-26(28-34-18)29-35(31,32)23-14-10-21(11-15-23)27-24(19-8-12-22(33-2)13-9-19)17-25(30)20-6-4-3-5-7-20/h3-16,24,27H,17H2,1-2H3,(H,28,29). The molecule has 0 spiro atoms. The van der Waals surface area contributed by atoms with Crippen LogP contribution < -0.4 is 14.8 Å². The van der Waals surface area contributed by atoms with Gasteiger partial charge < -0.3 is 14.6 Å². The number of methoxy groups -OCH3 is 1. The Morgan fingerprint density at radius 3 is 2.29 bits per heavy atom. The van der Waals surface area contributed by atoms with Gasteiger partial charge in [0.2, 0.25) is 0 Å². The number of Topliss-reactive ketones (excluding diaryl/α,β-unsaturated/α-hetero) is 1. The first kappa shape index (κ1) is 24.0. The number of nitrogens with zero attached hydrogens (tertiary/aromatic N) is 1. The first-order valence-electron chi connectivity index (χ1n) is 10.9. The average molecular weight is 492 g/mol. The zero-order valence-electron chi connectivity index (χ0n) is 19.3. The van der Waals surface area contributed by atoms with Gasteiger partial charge in [-0.2, -0.15) is 0 Å². The summed E-state index contributed by atoms with van der Waals surface area (Å²) in [5, 5.41) is 7.02. The van der Waals surface area contributed by atoms with Gasteiger partial charge in [-0.25, -0.2) is 8.42 Å². The van der Waals surface area contributed by atoms with Gasteiger partial charge in [-0.1, -0.05) is 47.6 Å². The summed E-state index contributed by atoms with van der Waals surface area (Å²) in [6.45, 7) is 1.67. The molecule has 0 saturated carbocycles. The molecular weight excluding hydrogens is 466 g/mol. The summed E-state index contributed by atoms with van der Waals surface area (Å²) < 4.78 is 37.9. The molecule has 1 aromatic heterocycles. The van der Waals surface area contributed by atoms with Gasteiger partial charge >= 0.3 is 0 Å². The van der Waals surface area contributed by atoms with E-state index in [4.69, 9.17) is 9.26 Å². The zero-order chi connectivity index (χ0) is 24.8. The Balaban J connectivity index is 1.54. The predicted octanol–water partition coefficient (Wildman–Crippen LogP) is 5.22. The molecule has 8 nitrogen and oxygen atoms in total. The molecule has 4 rings (SSSR count). The van der Waals surface area contributed by atoms with Crippen molar-refractivity contribution in [1.82, 2.24) is 5.16 Å². The first-order valence-corrected chi connectivity index (χ1v) is 12.4. The lowest BCUT2D eigenvalue weighted by molar-refractivity contribution is 0.0976. The van der Waals surface area contributed by atoms with Crippen LogP contribution in [0.15, 0.2) is 94.3 Å². The molecule has 2 N–H and O–H groups in total. The minimum absolute atomic E-state index is 0.00905. The average Bonchev–Trinajstić information content (AvgIpc) is 3.28. The van der Waals surface area contributed by atoms with Gasteiger partial charge in [-0.3, -0.25) is 9.52 Å². The summed E-state index contributed by atoms with van der Waals surface area (Å²) in [7, 11) is -2.23. The Bertz CT molecular complexity index is 1380. The molecule has 35 heavy (non-hydrogen) atoms. The summed E-state index contributed by atoms with van der Waals surface area (Å²) in [6.07, 6.45) is 0.212. The van der Waals surface area contributed by atoms with Gasteiger partial charge in [0.05, 0.1) is 18.0 Å². The summed E-state index contributed by atoms with van der Waals surface area (Å²) in [5.41, 5.74) is 2.20. The monoisotopic (exact) mass is 491 g/mol. The highest BCUT2D eigenvalue weighted by atomic mass is 32.2. The smallest absolute Gasteiger partial charge is 0.263 e. The van der Waals surface area contributed by atoms with Crippen molar-refractivity contribution in [3.63, 3.8) is 0 Å². The van der Waals surface area contributed by atoms with E-state index in [1.54, 1.807) is 38.3 Å². The second-order valence-corrected chi connectivity index (χ2v) is 9.60. The van der Waals surface area contributed by atoms with Crippen LogP contribution in [0.1, 0.15) is 34.1 Å². The number of aryl methyl sites for hydroxylation is 1. The van der Waals surface area contributed by atoms with Gasteiger partial charge in [-0.05, 0) is 48.9 Å². The molecule has 180 valence electrons. The third-order valence-corrected chi connectivity index (χ3v) is 6.75. The van der Waals surface area contributed by atoms with E-state index in [0.717, 1.165) is 5.56 Å². The van der Waals surface area contributed by atoms with E-state index in [0.29, 0.717) is 22.8 Å². The summed E-state index contributed by atoms with van der Waals surface area (Å²) in [5.74, 6) is 1.32. The van der Waals surface area contributed by atoms with E-state index in [9.17, 15) is 13.2 Å². The summed E-state index contributed by atoms with van der Waals surface area (Å²) in [4.78, 5) is 13.0. The Labute approximate surface area is 204 Å². The molecule has 0 aliphatic rings. The van der Waals surface area contributed by atoms with Crippen LogP contribution in [0.4, 0.5) is 11.5 Å². The van der Waals surface area contributed by atoms with Crippen LogP contribution in [0, 0.1) is 6.92 Å². The Hall–Kier alpha value is -4.11. The van der Waals surface area contributed by atoms with Crippen molar-refractivity contribution in [3.05, 3.63) is 102 Å². The first-order chi connectivity index (χ1) is 16.8. The van der Waals surface area contributed by atoms with Crippen LogP contribution in [0.25, 0.3) is 0 Å². The predicted molar refractivity (Wildman–Crippen MR) is 133 cm³/mol. The van der Waals surface area contributed by atoms with Crippen molar-refractivity contribution in [1.29, 1.82) is 0 Å². The molecule has 0 aliphatic carbocycles. The number of carbonyl (C=O) groups is 1. The van der Waals surface area contributed by atoms with Crippen LogP contribution >= 0.6 is 0 Å². The molecule has 4 aromatic rings. The topological polar surface area (TPSA) is 111 Å².